The molecule has 1 fully saturated rings. The van der Waals surface area contributed by atoms with E-state index >= 15 is 0 Å². The monoisotopic (exact) mass is 381 g/mol. The van der Waals surface area contributed by atoms with Crippen LogP contribution in [0.4, 0.5) is 4.39 Å². The molecule has 0 bridgehead atoms. The smallest absolute Gasteiger partial charge is 0.259 e. The molecule has 0 saturated carbocycles. The second kappa shape index (κ2) is 7.30. The molecule has 0 aliphatic carbocycles. The molecule has 2 amide bonds. The third-order valence-corrected chi connectivity index (χ3v) is 5.08. The molecule has 0 radical (unpaired) electrons. The fourth-order valence-electron chi connectivity index (χ4n) is 3.53. The standard InChI is InChI=1S/C20H20FN5O2/c21-15-3-5-16(6-4-15)26-19(24-9-1-2-10-24)17(13-23-26)20(28)25-11-7-14(8-12-25)18(22)27/h1-6,9-10,13-14H,7-8,11-12H2,(H2,22,27). The Morgan fingerprint density at radius 2 is 1.71 bits per heavy atom. The van der Waals surface area contributed by atoms with Crippen LogP contribution in [0.2, 0.25) is 0 Å². The lowest BCUT2D eigenvalue weighted by Crippen LogP contribution is -2.41. The lowest BCUT2D eigenvalue weighted by Gasteiger charge is -2.30. The van der Waals surface area contributed by atoms with Crippen LogP contribution in [0.15, 0.2) is 55.0 Å². The van der Waals surface area contributed by atoms with E-state index in [0.717, 1.165) is 0 Å². The van der Waals surface area contributed by atoms with Gasteiger partial charge >= 0.3 is 0 Å². The Morgan fingerprint density at radius 3 is 2.32 bits per heavy atom. The van der Waals surface area contributed by atoms with Gasteiger partial charge < -0.3 is 15.2 Å². The van der Waals surface area contributed by atoms with Crippen molar-refractivity contribution in [3.05, 3.63) is 66.4 Å². The number of carbonyl (C=O) groups is 2. The van der Waals surface area contributed by atoms with E-state index in [1.165, 1.54) is 18.3 Å². The van der Waals surface area contributed by atoms with Crippen LogP contribution in [0.5, 0.6) is 0 Å². The molecular weight excluding hydrogens is 361 g/mol. The Kier molecular flexibility index (Phi) is 4.68. The summed E-state index contributed by atoms with van der Waals surface area (Å²) in [6, 6.07) is 9.65. The van der Waals surface area contributed by atoms with Crippen molar-refractivity contribution in [1.29, 1.82) is 0 Å². The van der Waals surface area contributed by atoms with Crippen LogP contribution < -0.4 is 5.73 Å². The van der Waals surface area contributed by atoms with E-state index in [1.807, 2.05) is 24.5 Å². The third-order valence-electron chi connectivity index (χ3n) is 5.08. The van der Waals surface area contributed by atoms with Crippen LogP contribution in [-0.4, -0.2) is 44.2 Å². The fourth-order valence-corrected chi connectivity index (χ4v) is 3.53. The van der Waals surface area contributed by atoms with Crippen LogP contribution in [0.25, 0.3) is 11.5 Å². The van der Waals surface area contributed by atoms with Crippen LogP contribution in [0.3, 0.4) is 0 Å². The van der Waals surface area contributed by atoms with Crippen LogP contribution in [0, 0.1) is 11.7 Å². The minimum absolute atomic E-state index is 0.153. The normalized spacial score (nSPS) is 15.0. The molecule has 2 N–H and O–H groups in total. The van der Waals surface area contributed by atoms with Gasteiger partial charge in [-0.25, -0.2) is 9.07 Å². The molecule has 1 aliphatic heterocycles. The van der Waals surface area contributed by atoms with E-state index < -0.39 is 0 Å². The van der Waals surface area contributed by atoms with Gasteiger partial charge in [-0.3, -0.25) is 9.59 Å². The topological polar surface area (TPSA) is 86.2 Å². The number of amides is 2. The highest BCUT2D eigenvalue weighted by Gasteiger charge is 2.29. The van der Waals surface area contributed by atoms with Crippen molar-refractivity contribution in [3.63, 3.8) is 0 Å². The van der Waals surface area contributed by atoms with Crippen LogP contribution in [-0.2, 0) is 4.79 Å². The SMILES string of the molecule is NC(=O)C1CCN(C(=O)c2cnn(-c3ccc(F)cc3)c2-n2cccc2)CC1. The second-order valence-corrected chi connectivity index (χ2v) is 6.83. The van der Waals surface area contributed by atoms with Crippen LogP contribution in [0.1, 0.15) is 23.2 Å². The zero-order valence-corrected chi connectivity index (χ0v) is 15.2. The van der Waals surface area contributed by atoms with Gasteiger partial charge in [-0.2, -0.15) is 5.10 Å². The number of rotatable bonds is 4. The molecule has 2 aromatic heterocycles. The predicted molar refractivity (Wildman–Crippen MR) is 101 cm³/mol. The number of nitrogens with zero attached hydrogens (tertiary/aromatic N) is 4. The number of nitrogens with two attached hydrogens (primary N) is 1. The number of primary amides is 1. The number of halogens is 1. The highest BCUT2D eigenvalue weighted by Crippen LogP contribution is 2.24. The van der Waals surface area contributed by atoms with Crippen molar-refractivity contribution in [3.8, 4) is 11.5 Å². The molecule has 1 aliphatic rings. The zero-order valence-electron chi connectivity index (χ0n) is 15.2. The second-order valence-electron chi connectivity index (χ2n) is 6.83. The first-order valence-electron chi connectivity index (χ1n) is 9.10. The summed E-state index contributed by atoms with van der Waals surface area (Å²) in [5.41, 5.74) is 6.47. The van der Waals surface area contributed by atoms with Crippen molar-refractivity contribution in [1.82, 2.24) is 19.2 Å². The van der Waals surface area contributed by atoms with Gasteiger partial charge in [-0.1, -0.05) is 0 Å². The average Bonchev–Trinajstić information content (AvgIpc) is 3.37. The number of carbonyl (C=O) groups excluding carboxylic acids is 2. The third kappa shape index (κ3) is 3.28. The van der Waals surface area contributed by atoms with Gasteiger partial charge in [0.2, 0.25) is 5.91 Å². The summed E-state index contributed by atoms with van der Waals surface area (Å²) in [4.78, 5) is 26.3. The average molecular weight is 381 g/mol. The van der Waals surface area contributed by atoms with E-state index in [4.69, 9.17) is 5.73 Å². The van der Waals surface area contributed by atoms with Gasteiger partial charge in [0, 0.05) is 31.4 Å². The highest BCUT2D eigenvalue weighted by molar-refractivity contribution is 5.97. The van der Waals surface area contributed by atoms with E-state index in [-0.39, 0.29) is 23.5 Å². The molecule has 8 heteroatoms. The number of aromatic nitrogens is 3. The van der Waals surface area contributed by atoms with Gasteiger partial charge in [0.25, 0.3) is 5.91 Å². The number of benzene rings is 1. The van der Waals surface area contributed by atoms with Gasteiger partial charge in [0.05, 0.1) is 11.9 Å². The fraction of sp³-hybridized carbons (Fsp3) is 0.250. The molecule has 28 heavy (non-hydrogen) atoms. The highest BCUT2D eigenvalue weighted by atomic mass is 19.1. The molecule has 1 saturated heterocycles. The van der Waals surface area contributed by atoms with E-state index in [2.05, 4.69) is 5.10 Å². The molecular formula is C20H20FN5O2. The molecule has 0 unspecified atom stereocenters. The molecule has 144 valence electrons. The Balaban J connectivity index is 1.69. The van der Waals surface area contributed by atoms with Crippen molar-refractivity contribution >= 4 is 11.8 Å². The number of piperidine rings is 1. The Morgan fingerprint density at radius 1 is 1.07 bits per heavy atom. The Hall–Kier alpha value is -3.42. The molecule has 7 nitrogen and oxygen atoms in total. The first-order chi connectivity index (χ1) is 13.5. The largest absolute Gasteiger partial charge is 0.369 e. The molecule has 3 heterocycles. The molecule has 4 rings (SSSR count). The Bertz CT molecular complexity index is 986. The van der Waals surface area contributed by atoms with Gasteiger partial charge in [-0.05, 0) is 49.2 Å². The van der Waals surface area contributed by atoms with E-state index in [1.54, 1.807) is 26.3 Å². The number of hydrogen-bond acceptors (Lipinski definition) is 3. The summed E-state index contributed by atoms with van der Waals surface area (Å²) in [5, 5.41) is 4.38. The quantitative estimate of drug-likeness (QED) is 0.751. The summed E-state index contributed by atoms with van der Waals surface area (Å²) < 4.78 is 16.7. The Labute approximate surface area is 161 Å². The lowest BCUT2D eigenvalue weighted by atomic mass is 9.96. The summed E-state index contributed by atoms with van der Waals surface area (Å²) in [6.45, 7) is 0.943. The van der Waals surface area contributed by atoms with Crippen molar-refractivity contribution in [2.45, 2.75) is 12.8 Å². The maximum atomic E-state index is 13.3. The van der Waals surface area contributed by atoms with E-state index in [9.17, 15) is 14.0 Å². The van der Waals surface area contributed by atoms with Crippen molar-refractivity contribution in [2.75, 3.05) is 13.1 Å². The summed E-state index contributed by atoms with van der Waals surface area (Å²) in [6.07, 6.45) is 6.31. The minimum atomic E-state index is -0.341. The summed E-state index contributed by atoms with van der Waals surface area (Å²) >= 11 is 0. The predicted octanol–water partition coefficient (Wildman–Crippen LogP) is 2.14. The first-order valence-corrected chi connectivity index (χ1v) is 9.10. The molecule has 0 atom stereocenters. The summed E-state index contributed by atoms with van der Waals surface area (Å²) in [5.74, 6) is -0.412. The maximum Gasteiger partial charge on any atom is 0.259 e. The van der Waals surface area contributed by atoms with Crippen molar-refractivity contribution in [2.24, 2.45) is 11.7 Å². The molecule has 3 aromatic rings. The molecule has 1 aromatic carbocycles. The number of likely N-dealkylation sites (tertiary alicyclic amines) is 1. The van der Waals surface area contributed by atoms with E-state index in [0.29, 0.717) is 43.0 Å². The first kappa shape index (κ1) is 18.0. The van der Waals surface area contributed by atoms with Gasteiger partial charge in [-0.15, -0.1) is 0 Å². The van der Waals surface area contributed by atoms with Gasteiger partial charge in [0.15, 0.2) is 5.82 Å². The number of hydrogen-bond donors (Lipinski definition) is 1. The van der Waals surface area contributed by atoms with Gasteiger partial charge in [0.1, 0.15) is 11.4 Å². The van der Waals surface area contributed by atoms with Crippen LogP contribution >= 0.6 is 0 Å². The summed E-state index contributed by atoms with van der Waals surface area (Å²) in [7, 11) is 0. The lowest BCUT2D eigenvalue weighted by molar-refractivity contribution is -0.123. The minimum Gasteiger partial charge on any atom is -0.369 e. The zero-order chi connectivity index (χ0) is 19.7. The molecule has 0 spiro atoms. The maximum absolute atomic E-state index is 13.3. The van der Waals surface area contributed by atoms with Crippen molar-refractivity contribution < 1.29 is 14.0 Å².